The molecule has 0 spiro atoms. The number of hydrogen-bond donors (Lipinski definition) is 1. The molecule has 41 heavy (non-hydrogen) atoms. The van der Waals surface area contributed by atoms with Crippen molar-refractivity contribution < 1.29 is 40.3 Å². The number of aromatic nitrogens is 4. The molecule has 214 valence electrons. The third-order valence-corrected chi connectivity index (χ3v) is 5.62. The normalized spacial score (nSPS) is 12.1. The Bertz CT molecular complexity index is 1620. The van der Waals surface area contributed by atoms with E-state index in [-0.39, 0.29) is 45.1 Å². The summed E-state index contributed by atoms with van der Waals surface area (Å²) >= 11 is 5.77. The number of nitrogens with one attached hydrogen (secondary N) is 1. The van der Waals surface area contributed by atoms with Crippen LogP contribution in [0.3, 0.4) is 0 Å². The van der Waals surface area contributed by atoms with Gasteiger partial charge in [0.2, 0.25) is 5.95 Å². The first-order valence-corrected chi connectivity index (χ1v) is 11.9. The van der Waals surface area contributed by atoms with Gasteiger partial charge in [-0.3, -0.25) is 0 Å². The molecule has 4 rings (SSSR count). The second-order valence-corrected chi connectivity index (χ2v) is 8.62. The number of alkyl halides is 6. The minimum Gasteiger partial charge on any atom is -0.463 e. The molecule has 0 amide bonds. The summed E-state index contributed by atoms with van der Waals surface area (Å²) in [6.45, 7) is 1.76. The van der Waals surface area contributed by atoms with E-state index in [1.807, 2.05) is 0 Å². The molecule has 2 heterocycles. The van der Waals surface area contributed by atoms with Crippen molar-refractivity contribution in [3.05, 3.63) is 88.6 Å². The van der Waals surface area contributed by atoms with Gasteiger partial charge in [0.1, 0.15) is 5.82 Å². The standard InChI is InChI=1S/C26H17ClF7N5O2/c1-2-41-22(40)9-6-14-4-3-5-15(10-14)17-13-35-24(36-16-7-8-19(28)18(27)11-16)37-23(17)39-21(26(32,33)34)12-20(38-39)25(29,30)31/h3-13H,2H2,1H3,(H,35,36,37). The Morgan fingerprint density at radius 1 is 1.07 bits per heavy atom. The number of rotatable bonds is 7. The Morgan fingerprint density at radius 2 is 1.83 bits per heavy atom. The van der Waals surface area contributed by atoms with Crippen LogP contribution in [-0.4, -0.2) is 32.3 Å². The van der Waals surface area contributed by atoms with Gasteiger partial charge in [0.05, 0.1) is 11.6 Å². The molecule has 1 N–H and O–H groups in total. The molecule has 0 aliphatic carbocycles. The highest BCUT2D eigenvalue weighted by atomic mass is 35.5. The topological polar surface area (TPSA) is 81.9 Å². The number of halogens is 8. The highest BCUT2D eigenvalue weighted by molar-refractivity contribution is 6.31. The van der Waals surface area contributed by atoms with Crippen molar-refractivity contribution in [2.45, 2.75) is 19.3 Å². The summed E-state index contributed by atoms with van der Waals surface area (Å²) in [4.78, 5) is 19.8. The van der Waals surface area contributed by atoms with Crippen molar-refractivity contribution in [1.29, 1.82) is 0 Å². The number of benzene rings is 2. The van der Waals surface area contributed by atoms with Crippen molar-refractivity contribution >= 4 is 35.3 Å². The smallest absolute Gasteiger partial charge is 0.435 e. The Kier molecular flexibility index (Phi) is 8.33. The SMILES string of the molecule is CCOC(=O)C=Cc1cccc(-c2cnc(Nc3ccc(F)c(Cl)c3)nc2-n2nc(C(F)(F)F)cc2C(F)(F)F)c1. The van der Waals surface area contributed by atoms with Gasteiger partial charge in [-0.1, -0.05) is 29.8 Å². The average Bonchev–Trinajstić information content (AvgIpc) is 3.37. The molecule has 7 nitrogen and oxygen atoms in total. The highest BCUT2D eigenvalue weighted by Crippen LogP contribution is 2.38. The zero-order valence-corrected chi connectivity index (χ0v) is 21.4. The number of carbonyl (C=O) groups is 1. The van der Waals surface area contributed by atoms with Crippen LogP contribution in [-0.2, 0) is 21.9 Å². The fraction of sp³-hybridized carbons (Fsp3) is 0.154. The predicted molar refractivity (Wildman–Crippen MR) is 135 cm³/mol. The molecule has 0 unspecified atom stereocenters. The first kappa shape index (κ1) is 29.5. The maximum Gasteiger partial charge on any atom is 0.435 e. The number of ether oxygens (including phenoxy) is 1. The summed E-state index contributed by atoms with van der Waals surface area (Å²) < 4.78 is 100. The van der Waals surface area contributed by atoms with E-state index < -0.39 is 41.3 Å². The number of anilines is 2. The second kappa shape index (κ2) is 11.6. The Hall–Kier alpha value is -4.46. The molecule has 2 aromatic carbocycles. The van der Waals surface area contributed by atoms with E-state index in [4.69, 9.17) is 16.3 Å². The van der Waals surface area contributed by atoms with Gasteiger partial charge in [0.15, 0.2) is 17.2 Å². The summed E-state index contributed by atoms with van der Waals surface area (Å²) in [7, 11) is 0. The zero-order valence-electron chi connectivity index (χ0n) is 20.7. The van der Waals surface area contributed by atoms with Gasteiger partial charge in [-0.05, 0) is 48.4 Å². The number of hydrogen-bond acceptors (Lipinski definition) is 6. The average molecular weight is 600 g/mol. The van der Waals surface area contributed by atoms with Crippen LogP contribution in [0.15, 0.2) is 60.8 Å². The Labute approximate surface area is 232 Å². The first-order valence-electron chi connectivity index (χ1n) is 11.6. The molecule has 0 aliphatic rings. The van der Waals surface area contributed by atoms with E-state index in [2.05, 4.69) is 20.4 Å². The largest absolute Gasteiger partial charge is 0.463 e. The van der Waals surface area contributed by atoms with Gasteiger partial charge in [-0.15, -0.1) is 0 Å². The van der Waals surface area contributed by atoms with Gasteiger partial charge in [0, 0.05) is 29.6 Å². The second-order valence-electron chi connectivity index (χ2n) is 8.22. The number of esters is 1. The van der Waals surface area contributed by atoms with Gasteiger partial charge in [-0.25, -0.2) is 18.9 Å². The summed E-state index contributed by atoms with van der Waals surface area (Å²) in [5, 5.41) is 5.54. The minimum atomic E-state index is -5.25. The van der Waals surface area contributed by atoms with Crippen LogP contribution in [0.5, 0.6) is 0 Å². The van der Waals surface area contributed by atoms with Crippen molar-refractivity contribution in [2.75, 3.05) is 11.9 Å². The highest BCUT2D eigenvalue weighted by Gasteiger charge is 2.43. The molecule has 0 fully saturated rings. The van der Waals surface area contributed by atoms with Crippen LogP contribution in [0, 0.1) is 5.82 Å². The maximum atomic E-state index is 13.9. The maximum absolute atomic E-state index is 13.9. The predicted octanol–water partition coefficient (Wildman–Crippen LogP) is 7.48. The molecule has 0 bridgehead atoms. The van der Waals surface area contributed by atoms with Crippen LogP contribution in [0.4, 0.5) is 42.4 Å². The number of nitrogens with zero attached hydrogens (tertiary/aromatic N) is 4. The molecule has 4 aromatic rings. The molecule has 0 saturated carbocycles. The van der Waals surface area contributed by atoms with Gasteiger partial charge < -0.3 is 10.1 Å². The minimum absolute atomic E-state index is 0.0315. The van der Waals surface area contributed by atoms with Crippen LogP contribution in [0.1, 0.15) is 23.9 Å². The molecule has 15 heteroatoms. The Balaban J connectivity index is 1.89. The quantitative estimate of drug-likeness (QED) is 0.135. The first-order chi connectivity index (χ1) is 19.3. The lowest BCUT2D eigenvalue weighted by Crippen LogP contribution is -2.16. The van der Waals surface area contributed by atoms with Gasteiger partial charge >= 0.3 is 18.3 Å². The fourth-order valence-corrected chi connectivity index (χ4v) is 3.73. The number of carbonyl (C=O) groups excluding carboxylic acids is 1. The van der Waals surface area contributed by atoms with Crippen molar-refractivity contribution in [2.24, 2.45) is 0 Å². The molecule has 2 aromatic heterocycles. The lowest BCUT2D eigenvalue weighted by molar-refractivity contribution is -0.143. The van der Waals surface area contributed by atoms with E-state index >= 15 is 0 Å². The van der Waals surface area contributed by atoms with Crippen molar-refractivity contribution in [3.8, 4) is 16.9 Å². The van der Waals surface area contributed by atoms with E-state index in [0.717, 1.165) is 24.4 Å². The summed E-state index contributed by atoms with van der Waals surface area (Å²) in [6.07, 6.45) is -6.85. The summed E-state index contributed by atoms with van der Waals surface area (Å²) in [5.74, 6) is -2.37. The van der Waals surface area contributed by atoms with Crippen LogP contribution >= 0.6 is 11.6 Å². The lowest BCUT2D eigenvalue weighted by Gasteiger charge is -2.15. The van der Waals surface area contributed by atoms with E-state index in [0.29, 0.717) is 5.56 Å². The summed E-state index contributed by atoms with van der Waals surface area (Å²) in [5.41, 5.74) is -2.90. The van der Waals surface area contributed by atoms with Gasteiger partial charge in [0.25, 0.3) is 0 Å². The third kappa shape index (κ3) is 7.01. The summed E-state index contributed by atoms with van der Waals surface area (Å²) in [6, 6.07) is 9.27. The van der Waals surface area contributed by atoms with Gasteiger partial charge in [-0.2, -0.15) is 36.4 Å². The third-order valence-electron chi connectivity index (χ3n) is 5.33. The molecule has 0 atom stereocenters. The molecule has 0 aliphatic heterocycles. The molecular weight excluding hydrogens is 583 g/mol. The lowest BCUT2D eigenvalue weighted by atomic mass is 10.0. The van der Waals surface area contributed by atoms with E-state index in [1.165, 1.54) is 30.3 Å². The zero-order chi connectivity index (χ0) is 29.9. The van der Waals surface area contributed by atoms with E-state index in [1.54, 1.807) is 13.0 Å². The fourth-order valence-electron chi connectivity index (χ4n) is 3.55. The monoisotopic (exact) mass is 599 g/mol. The molecular formula is C26H17ClF7N5O2. The molecule has 0 radical (unpaired) electrons. The van der Waals surface area contributed by atoms with Crippen molar-refractivity contribution in [1.82, 2.24) is 19.7 Å². The van der Waals surface area contributed by atoms with Crippen LogP contribution < -0.4 is 5.32 Å². The van der Waals surface area contributed by atoms with Crippen LogP contribution in [0.25, 0.3) is 23.0 Å². The Morgan fingerprint density at radius 3 is 2.49 bits per heavy atom. The molecule has 0 saturated heterocycles. The van der Waals surface area contributed by atoms with E-state index in [9.17, 15) is 35.5 Å². The van der Waals surface area contributed by atoms with Crippen LogP contribution in [0.2, 0.25) is 5.02 Å². The van der Waals surface area contributed by atoms with Crippen molar-refractivity contribution in [3.63, 3.8) is 0 Å².